The number of carbonyl (C=O) groups excluding carboxylic acids is 2. The summed E-state index contributed by atoms with van der Waals surface area (Å²) in [7, 11) is 0. The molecule has 2 heterocycles. The first-order valence-electron chi connectivity index (χ1n) is 8.38. The molecule has 4 nitrogen and oxygen atoms in total. The highest BCUT2D eigenvalue weighted by molar-refractivity contribution is 7.17. The summed E-state index contributed by atoms with van der Waals surface area (Å²) in [5.74, 6) is -1.06. The largest absolute Gasteiger partial charge is 0.274 e. The molecule has 2 atom stereocenters. The lowest BCUT2D eigenvalue weighted by molar-refractivity contribution is -0.122. The fraction of sp³-hybridized carbons (Fsp3) is 0.500. The van der Waals surface area contributed by atoms with Crippen molar-refractivity contribution in [3.63, 3.8) is 0 Å². The van der Waals surface area contributed by atoms with Gasteiger partial charge in [0.2, 0.25) is 11.8 Å². The Balaban J connectivity index is 1.76. The second kappa shape index (κ2) is 6.02. The lowest BCUT2D eigenvalue weighted by atomic mass is 9.85. The van der Waals surface area contributed by atoms with E-state index in [1.807, 2.05) is 6.08 Å². The average molecular weight is 361 g/mol. The maximum atomic E-state index is 12.9. The number of hydrogen-bond donors (Lipinski definition) is 0. The quantitative estimate of drug-likeness (QED) is 0.563. The summed E-state index contributed by atoms with van der Waals surface area (Å²) in [6.45, 7) is 0. The van der Waals surface area contributed by atoms with Crippen LogP contribution in [0.1, 0.15) is 48.1 Å². The van der Waals surface area contributed by atoms with E-state index in [2.05, 4.69) is 6.07 Å². The van der Waals surface area contributed by atoms with E-state index in [1.54, 1.807) is 0 Å². The van der Waals surface area contributed by atoms with Crippen LogP contribution in [0.2, 0.25) is 0 Å². The number of fused-ring (bicyclic) bond motifs is 2. The number of halogens is 1. The van der Waals surface area contributed by atoms with E-state index in [9.17, 15) is 14.9 Å². The van der Waals surface area contributed by atoms with Gasteiger partial charge in [0.05, 0.1) is 17.4 Å². The van der Waals surface area contributed by atoms with E-state index < -0.39 is 0 Å². The molecule has 0 unspecified atom stereocenters. The Bertz CT molecular complexity index is 805. The SMILES string of the molecule is N#Cc1c(N2C(=O)[C@H]3CC(Cl)=CC[C@H]3C2=O)sc2c1CCCCC2. The number of thiophene rings is 1. The third-order valence-corrected chi connectivity index (χ3v) is 6.87. The molecule has 0 bridgehead atoms. The summed E-state index contributed by atoms with van der Waals surface area (Å²) in [4.78, 5) is 28.2. The summed E-state index contributed by atoms with van der Waals surface area (Å²) in [5, 5.41) is 10.9. The van der Waals surface area contributed by atoms with Crippen LogP contribution >= 0.6 is 22.9 Å². The Labute approximate surface area is 149 Å². The first kappa shape index (κ1) is 15.9. The van der Waals surface area contributed by atoms with Crippen LogP contribution in [-0.2, 0) is 22.4 Å². The van der Waals surface area contributed by atoms with Crippen LogP contribution in [0.25, 0.3) is 0 Å². The molecule has 4 rings (SSSR count). The third-order valence-electron chi connectivity index (χ3n) is 5.29. The number of nitriles is 1. The molecule has 24 heavy (non-hydrogen) atoms. The number of anilines is 1. The average Bonchev–Trinajstić information content (AvgIpc) is 2.90. The number of aryl methyl sites for hydroxylation is 1. The van der Waals surface area contributed by atoms with E-state index in [4.69, 9.17) is 11.6 Å². The van der Waals surface area contributed by atoms with Gasteiger partial charge < -0.3 is 0 Å². The predicted octanol–water partition coefficient (Wildman–Crippen LogP) is 3.91. The van der Waals surface area contributed by atoms with Gasteiger partial charge >= 0.3 is 0 Å². The maximum absolute atomic E-state index is 12.9. The summed E-state index contributed by atoms with van der Waals surface area (Å²) in [5.41, 5.74) is 1.60. The van der Waals surface area contributed by atoms with Gasteiger partial charge in [0.15, 0.2) is 0 Å². The molecule has 1 saturated heterocycles. The minimum Gasteiger partial charge on any atom is -0.274 e. The van der Waals surface area contributed by atoms with Crippen molar-refractivity contribution in [3.05, 3.63) is 27.1 Å². The summed E-state index contributed by atoms with van der Waals surface area (Å²) in [6, 6.07) is 2.26. The molecule has 1 aromatic rings. The molecule has 1 fully saturated rings. The van der Waals surface area contributed by atoms with Gasteiger partial charge in [-0.1, -0.05) is 24.1 Å². The molecule has 2 aliphatic carbocycles. The van der Waals surface area contributed by atoms with Crippen LogP contribution in [0.15, 0.2) is 11.1 Å². The van der Waals surface area contributed by atoms with Crippen LogP contribution < -0.4 is 4.90 Å². The van der Waals surface area contributed by atoms with Crippen molar-refractivity contribution >= 4 is 39.8 Å². The van der Waals surface area contributed by atoms with Gasteiger partial charge in [0.25, 0.3) is 0 Å². The fourth-order valence-corrected chi connectivity index (χ4v) is 5.63. The van der Waals surface area contributed by atoms with Crippen LogP contribution in [0.5, 0.6) is 0 Å². The summed E-state index contributed by atoms with van der Waals surface area (Å²) >= 11 is 7.54. The van der Waals surface area contributed by atoms with Crippen molar-refractivity contribution in [3.8, 4) is 6.07 Å². The smallest absolute Gasteiger partial charge is 0.238 e. The van der Waals surface area contributed by atoms with Gasteiger partial charge in [-0.3, -0.25) is 9.59 Å². The van der Waals surface area contributed by atoms with Crippen LogP contribution in [0.4, 0.5) is 5.00 Å². The summed E-state index contributed by atoms with van der Waals surface area (Å²) < 4.78 is 0. The van der Waals surface area contributed by atoms with Crippen molar-refractivity contribution < 1.29 is 9.59 Å². The zero-order valence-corrected chi connectivity index (χ0v) is 14.8. The first-order valence-corrected chi connectivity index (χ1v) is 9.58. The highest BCUT2D eigenvalue weighted by Gasteiger charge is 2.50. The van der Waals surface area contributed by atoms with E-state index in [1.165, 1.54) is 21.1 Å². The van der Waals surface area contributed by atoms with Gasteiger partial charge in [-0.15, -0.1) is 11.3 Å². The number of hydrogen-bond acceptors (Lipinski definition) is 4. The molecule has 2 amide bonds. The minimum atomic E-state index is -0.372. The predicted molar refractivity (Wildman–Crippen MR) is 92.9 cm³/mol. The Hall–Kier alpha value is -1.64. The fourth-order valence-electron chi connectivity index (χ4n) is 4.03. The Morgan fingerprint density at radius 3 is 2.71 bits per heavy atom. The van der Waals surface area contributed by atoms with E-state index in [-0.39, 0.29) is 23.7 Å². The highest BCUT2D eigenvalue weighted by Crippen LogP contribution is 2.46. The lowest BCUT2D eigenvalue weighted by Gasteiger charge is -2.17. The van der Waals surface area contributed by atoms with E-state index in [0.29, 0.717) is 28.4 Å². The number of allylic oxidation sites excluding steroid dienone is 2. The minimum absolute atomic E-state index is 0.168. The molecule has 0 spiro atoms. The van der Waals surface area contributed by atoms with E-state index in [0.717, 1.165) is 37.7 Å². The second-order valence-electron chi connectivity index (χ2n) is 6.67. The van der Waals surface area contributed by atoms with Gasteiger partial charge in [-0.25, -0.2) is 4.90 Å². The van der Waals surface area contributed by atoms with Crippen LogP contribution in [0, 0.1) is 23.2 Å². The number of imide groups is 1. The van der Waals surface area contributed by atoms with Gasteiger partial charge in [0, 0.05) is 9.91 Å². The van der Waals surface area contributed by atoms with Crippen molar-refractivity contribution in [2.45, 2.75) is 44.9 Å². The van der Waals surface area contributed by atoms with Gasteiger partial charge in [-0.2, -0.15) is 5.26 Å². The molecule has 0 aromatic carbocycles. The zero-order chi connectivity index (χ0) is 16.8. The highest BCUT2D eigenvalue weighted by atomic mass is 35.5. The second-order valence-corrected chi connectivity index (χ2v) is 8.24. The molecule has 0 radical (unpaired) electrons. The summed E-state index contributed by atoms with van der Waals surface area (Å²) in [6.07, 6.45) is 7.91. The first-order chi connectivity index (χ1) is 11.6. The normalized spacial score (nSPS) is 26.5. The Morgan fingerprint density at radius 2 is 1.92 bits per heavy atom. The zero-order valence-electron chi connectivity index (χ0n) is 13.2. The Morgan fingerprint density at radius 1 is 1.17 bits per heavy atom. The van der Waals surface area contributed by atoms with Crippen molar-refractivity contribution in [1.29, 1.82) is 5.26 Å². The monoisotopic (exact) mass is 360 g/mol. The number of amides is 2. The van der Waals surface area contributed by atoms with Crippen LogP contribution in [0.3, 0.4) is 0 Å². The number of carbonyl (C=O) groups is 2. The van der Waals surface area contributed by atoms with E-state index >= 15 is 0 Å². The van der Waals surface area contributed by atoms with Gasteiger partial charge in [0.1, 0.15) is 11.1 Å². The molecule has 0 saturated carbocycles. The number of rotatable bonds is 1. The topological polar surface area (TPSA) is 61.2 Å². The van der Waals surface area contributed by atoms with Crippen molar-refractivity contribution in [2.24, 2.45) is 11.8 Å². The molecule has 6 heteroatoms. The Kier molecular flexibility index (Phi) is 3.98. The molecule has 124 valence electrons. The maximum Gasteiger partial charge on any atom is 0.238 e. The molecular formula is C18H17ClN2O2S. The molecule has 1 aromatic heterocycles. The standard InChI is InChI=1S/C18H17ClN2O2S/c19-10-6-7-12-13(8-10)17(23)21(16(12)22)18-14(9-20)11-4-2-1-3-5-15(11)24-18/h6,12-13H,1-5,7-8H2/t12-,13+/m1/s1. The van der Waals surface area contributed by atoms with Crippen molar-refractivity contribution in [2.75, 3.05) is 4.90 Å². The molecule has 3 aliphatic rings. The molecule has 1 aliphatic heterocycles. The van der Waals surface area contributed by atoms with Gasteiger partial charge in [-0.05, 0) is 44.1 Å². The molecular weight excluding hydrogens is 344 g/mol. The molecule has 0 N–H and O–H groups in total. The van der Waals surface area contributed by atoms with Crippen LogP contribution in [-0.4, -0.2) is 11.8 Å². The lowest BCUT2D eigenvalue weighted by Crippen LogP contribution is -2.30. The van der Waals surface area contributed by atoms with Crippen molar-refractivity contribution in [1.82, 2.24) is 0 Å². The third kappa shape index (κ3) is 2.32. The number of nitrogens with zero attached hydrogens (tertiary/aromatic N) is 2.